The fraction of sp³-hybridized carbons (Fsp3) is 0. The van der Waals surface area contributed by atoms with Gasteiger partial charge in [-0.2, -0.15) is 0 Å². The molecule has 0 aliphatic heterocycles. The van der Waals surface area contributed by atoms with Gasteiger partial charge in [-0.25, -0.2) is 9.59 Å². The Hall–Kier alpha value is -0.293. The third-order valence-corrected chi connectivity index (χ3v) is 0. The summed E-state index contributed by atoms with van der Waals surface area (Å²) in [6, 6.07) is 0. The van der Waals surface area contributed by atoms with Crippen LogP contribution >= 0.6 is 0 Å². The Bertz CT molecular complexity index is 79.5. The van der Waals surface area contributed by atoms with Crippen LogP contribution in [0.25, 0.3) is 0 Å². The number of rotatable bonds is 0. The zero-order chi connectivity index (χ0) is 7.15. The standard InChI is InChI=1S/2CH2O3.2H3N.2Zn/c2*2-1(3)4;;;;/h2*(H2,2,3,4);2*1H3;;. The quantitative estimate of drug-likeness (QED) is 0.352. The summed E-state index contributed by atoms with van der Waals surface area (Å²) < 4.78 is 0. The minimum Gasteiger partial charge on any atom is -0.450 e. The van der Waals surface area contributed by atoms with Gasteiger partial charge in [0.15, 0.2) is 0 Å². The maximum absolute atomic E-state index is 8.56. The van der Waals surface area contributed by atoms with E-state index in [2.05, 4.69) is 0 Å². The van der Waals surface area contributed by atoms with E-state index in [0.717, 1.165) is 0 Å². The molecule has 8 nitrogen and oxygen atoms in total. The van der Waals surface area contributed by atoms with Gasteiger partial charge in [-0.3, -0.25) is 0 Å². The van der Waals surface area contributed by atoms with E-state index in [-0.39, 0.29) is 51.3 Å². The molecule has 0 aromatic heterocycles. The summed E-state index contributed by atoms with van der Waals surface area (Å²) in [5.41, 5.74) is 0. The average molecular weight is 289 g/mol. The predicted molar refractivity (Wildman–Crippen MR) is 31.4 cm³/mol. The molecule has 0 aromatic carbocycles. The van der Waals surface area contributed by atoms with Gasteiger partial charge in [0.2, 0.25) is 0 Å². The SMILES string of the molecule is N.N.O=C(O)O.O=C(O)O.[Zn].[Zn]. The average Bonchev–Trinajstić information content (AvgIpc) is 1.25. The van der Waals surface area contributed by atoms with E-state index in [1.807, 2.05) is 0 Å². The maximum Gasteiger partial charge on any atom is 0.503 e. The second kappa shape index (κ2) is 31.0. The van der Waals surface area contributed by atoms with E-state index >= 15 is 0 Å². The van der Waals surface area contributed by atoms with Crippen LogP contribution in [-0.4, -0.2) is 32.7 Å². The smallest absolute Gasteiger partial charge is 0.450 e. The van der Waals surface area contributed by atoms with Crippen molar-refractivity contribution in [2.45, 2.75) is 0 Å². The van der Waals surface area contributed by atoms with Crippen LogP contribution in [0.5, 0.6) is 0 Å². The Morgan fingerprint density at radius 3 is 0.667 bits per heavy atom. The molecule has 0 bridgehead atoms. The molecule has 0 saturated carbocycles. The number of hydrogen-bond donors (Lipinski definition) is 6. The maximum atomic E-state index is 8.56. The van der Waals surface area contributed by atoms with Crippen LogP contribution in [0.3, 0.4) is 0 Å². The molecule has 0 fully saturated rings. The summed E-state index contributed by atoms with van der Waals surface area (Å²) >= 11 is 0. The summed E-state index contributed by atoms with van der Waals surface area (Å²) in [6.07, 6.45) is -3.67. The molecule has 0 unspecified atom stereocenters. The zero-order valence-corrected chi connectivity index (χ0v) is 12.4. The minimum absolute atomic E-state index is 0. The van der Waals surface area contributed by atoms with Crippen LogP contribution in [0.15, 0.2) is 0 Å². The number of carboxylic acid groups (broad SMARTS) is 4. The molecule has 68 valence electrons. The van der Waals surface area contributed by atoms with Crippen LogP contribution in [0.4, 0.5) is 9.59 Å². The van der Waals surface area contributed by atoms with E-state index < -0.39 is 12.3 Å². The number of hydrogen-bond acceptors (Lipinski definition) is 4. The van der Waals surface area contributed by atoms with Gasteiger partial charge < -0.3 is 32.7 Å². The van der Waals surface area contributed by atoms with Crippen molar-refractivity contribution in [2.75, 3.05) is 0 Å². The molecule has 0 radical (unpaired) electrons. The van der Waals surface area contributed by atoms with Crippen molar-refractivity contribution in [3.8, 4) is 0 Å². The van der Waals surface area contributed by atoms with Gasteiger partial charge in [0.05, 0.1) is 0 Å². The van der Waals surface area contributed by atoms with E-state index in [4.69, 9.17) is 30.0 Å². The first-order valence-electron chi connectivity index (χ1n) is 1.30. The summed E-state index contributed by atoms with van der Waals surface area (Å²) in [6.45, 7) is 0. The Morgan fingerprint density at radius 2 is 0.667 bits per heavy atom. The molecule has 0 atom stereocenters. The van der Waals surface area contributed by atoms with Gasteiger partial charge >= 0.3 is 12.3 Å². The molecule has 0 aromatic rings. The van der Waals surface area contributed by atoms with E-state index in [1.165, 1.54) is 0 Å². The van der Waals surface area contributed by atoms with E-state index in [0.29, 0.717) is 0 Å². The van der Waals surface area contributed by atoms with Gasteiger partial charge in [-0.15, -0.1) is 0 Å². The molecular formula is C2H10N2O6Zn2. The van der Waals surface area contributed by atoms with Gasteiger partial charge in [-0.05, 0) is 0 Å². The van der Waals surface area contributed by atoms with Gasteiger partial charge in [0, 0.05) is 39.0 Å². The molecule has 0 spiro atoms. The fourth-order valence-electron chi connectivity index (χ4n) is 0. The minimum atomic E-state index is -1.83. The van der Waals surface area contributed by atoms with Gasteiger partial charge in [0.1, 0.15) is 0 Å². The van der Waals surface area contributed by atoms with Gasteiger partial charge in [-0.1, -0.05) is 0 Å². The summed E-state index contributed by atoms with van der Waals surface area (Å²) in [5, 5.41) is 27.9. The Kier molecular flexibility index (Phi) is 106. The largest absolute Gasteiger partial charge is 0.503 e. The predicted octanol–water partition coefficient (Wildman–Crippen LogP) is 0.764. The Balaban J connectivity index is -0.0000000112. The molecule has 10 N–H and O–H groups in total. The van der Waals surface area contributed by atoms with Crippen molar-refractivity contribution in [2.24, 2.45) is 0 Å². The third-order valence-electron chi connectivity index (χ3n) is 0. The number of carbonyl (C=O) groups is 2. The molecule has 12 heavy (non-hydrogen) atoms. The van der Waals surface area contributed by atoms with Crippen molar-refractivity contribution in [1.29, 1.82) is 0 Å². The fourth-order valence-corrected chi connectivity index (χ4v) is 0. The molecule has 0 saturated heterocycles. The van der Waals surface area contributed by atoms with Crippen molar-refractivity contribution in [3.63, 3.8) is 0 Å². The molecule has 0 heterocycles. The molecule has 0 aliphatic carbocycles. The van der Waals surface area contributed by atoms with E-state index in [1.54, 1.807) is 0 Å². The molecule has 0 aliphatic rings. The third kappa shape index (κ3) is 8560. The first-order valence-corrected chi connectivity index (χ1v) is 1.30. The summed E-state index contributed by atoms with van der Waals surface area (Å²) in [4.78, 5) is 17.1. The first kappa shape index (κ1) is 41.2. The van der Waals surface area contributed by atoms with Crippen LogP contribution < -0.4 is 12.3 Å². The van der Waals surface area contributed by atoms with Crippen LogP contribution in [-0.2, 0) is 39.0 Å². The first-order chi connectivity index (χ1) is 3.46. The normalized spacial score (nSPS) is 4.00. The molecular weight excluding hydrogens is 279 g/mol. The van der Waals surface area contributed by atoms with E-state index in [9.17, 15) is 0 Å². The molecule has 10 heteroatoms. The second-order valence-corrected chi connectivity index (χ2v) is 0.565. The Labute approximate surface area is 93.6 Å². The summed E-state index contributed by atoms with van der Waals surface area (Å²) in [5.74, 6) is 0. The van der Waals surface area contributed by atoms with Crippen LogP contribution in [0.2, 0.25) is 0 Å². The monoisotopic (exact) mass is 286 g/mol. The zero-order valence-electron chi connectivity index (χ0n) is 6.43. The molecule has 0 amide bonds. The van der Waals surface area contributed by atoms with Crippen molar-refractivity contribution < 1.29 is 69.0 Å². The summed E-state index contributed by atoms with van der Waals surface area (Å²) in [7, 11) is 0. The van der Waals surface area contributed by atoms with Crippen molar-refractivity contribution in [1.82, 2.24) is 12.3 Å². The van der Waals surface area contributed by atoms with Crippen molar-refractivity contribution >= 4 is 12.3 Å². The van der Waals surface area contributed by atoms with Crippen molar-refractivity contribution in [3.05, 3.63) is 0 Å². The second-order valence-electron chi connectivity index (χ2n) is 0.565. The van der Waals surface area contributed by atoms with Gasteiger partial charge in [0.25, 0.3) is 0 Å². The van der Waals surface area contributed by atoms with Crippen LogP contribution in [0, 0.1) is 0 Å². The topological polar surface area (TPSA) is 185 Å². The Morgan fingerprint density at radius 1 is 0.667 bits per heavy atom. The molecule has 0 rings (SSSR count). The van der Waals surface area contributed by atoms with Crippen LogP contribution in [0.1, 0.15) is 0 Å².